The van der Waals surface area contributed by atoms with Gasteiger partial charge in [0.25, 0.3) is 0 Å². The molecular formula is C15H21O5P. The zero-order valence-corrected chi connectivity index (χ0v) is 12.9. The lowest BCUT2D eigenvalue weighted by Crippen LogP contribution is -2.36. The predicted molar refractivity (Wildman–Crippen MR) is 79.5 cm³/mol. The Balaban J connectivity index is 2.16. The molecule has 0 amide bonds. The van der Waals surface area contributed by atoms with Crippen molar-refractivity contribution >= 4 is 13.3 Å². The number of rotatable bonds is 6. The monoisotopic (exact) mass is 312 g/mol. The van der Waals surface area contributed by atoms with Gasteiger partial charge in [0.05, 0.1) is 12.0 Å². The highest BCUT2D eigenvalue weighted by atomic mass is 31.2. The third-order valence-electron chi connectivity index (χ3n) is 4.06. The van der Waals surface area contributed by atoms with Gasteiger partial charge in [0.15, 0.2) is 0 Å². The molecule has 2 rings (SSSR count). The fraction of sp³-hybridized carbons (Fsp3) is 0.533. The van der Waals surface area contributed by atoms with Gasteiger partial charge in [-0.25, -0.2) is 0 Å². The Morgan fingerprint density at radius 3 is 2.62 bits per heavy atom. The van der Waals surface area contributed by atoms with E-state index in [1.54, 1.807) is 31.2 Å². The van der Waals surface area contributed by atoms with Crippen LogP contribution in [0.3, 0.4) is 0 Å². The first-order valence-electron chi connectivity index (χ1n) is 7.11. The van der Waals surface area contributed by atoms with Gasteiger partial charge in [-0.2, -0.15) is 0 Å². The number of carbonyl (C=O) groups is 1. The smallest absolute Gasteiger partial charge is 0.309 e. The fourth-order valence-electron chi connectivity index (χ4n) is 2.80. The number of carboxylic acids is 1. The summed E-state index contributed by atoms with van der Waals surface area (Å²) in [6.45, 7) is 2.07. The van der Waals surface area contributed by atoms with Crippen LogP contribution in [0.1, 0.15) is 25.3 Å². The molecular weight excluding hydrogens is 291 g/mol. The zero-order valence-electron chi connectivity index (χ0n) is 12.0. The molecule has 4 unspecified atom stereocenters. The van der Waals surface area contributed by atoms with Crippen molar-refractivity contribution in [3.05, 3.63) is 35.9 Å². The lowest BCUT2D eigenvalue weighted by atomic mass is 9.97. The van der Waals surface area contributed by atoms with Crippen LogP contribution in [0, 0.1) is 5.92 Å². The lowest BCUT2D eigenvalue weighted by Gasteiger charge is -2.28. The summed E-state index contributed by atoms with van der Waals surface area (Å²) in [4.78, 5) is 21.9. The first-order chi connectivity index (χ1) is 9.92. The van der Waals surface area contributed by atoms with Gasteiger partial charge in [-0.15, -0.1) is 0 Å². The molecule has 0 saturated carbocycles. The Kier molecular flexibility index (Phi) is 5.20. The number of benzene rings is 1. The Labute approximate surface area is 124 Å². The van der Waals surface area contributed by atoms with Crippen LogP contribution in [0.15, 0.2) is 30.3 Å². The van der Waals surface area contributed by atoms with Crippen LogP contribution in [0.2, 0.25) is 0 Å². The molecule has 0 spiro atoms. The second kappa shape index (κ2) is 6.73. The largest absolute Gasteiger partial charge is 0.481 e. The minimum Gasteiger partial charge on any atom is -0.481 e. The van der Waals surface area contributed by atoms with Crippen molar-refractivity contribution in [1.82, 2.24) is 0 Å². The summed E-state index contributed by atoms with van der Waals surface area (Å²) < 4.78 is 18.1. The van der Waals surface area contributed by atoms with Crippen molar-refractivity contribution < 1.29 is 24.1 Å². The van der Waals surface area contributed by atoms with Gasteiger partial charge in [-0.1, -0.05) is 37.3 Å². The Bertz CT molecular complexity index is 524. The van der Waals surface area contributed by atoms with E-state index in [2.05, 4.69) is 0 Å². The summed E-state index contributed by atoms with van der Waals surface area (Å²) in [7, 11) is -3.63. The van der Waals surface area contributed by atoms with Crippen LogP contribution in [0.5, 0.6) is 0 Å². The third-order valence-corrected chi connectivity index (χ3v) is 6.47. The second-order valence-electron chi connectivity index (χ2n) is 5.56. The van der Waals surface area contributed by atoms with Gasteiger partial charge in [-0.05, 0) is 18.4 Å². The molecule has 1 aliphatic heterocycles. The van der Waals surface area contributed by atoms with Crippen molar-refractivity contribution in [3.8, 4) is 0 Å². The van der Waals surface area contributed by atoms with Crippen LogP contribution in [0.4, 0.5) is 0 Å². The highest BCUT2D eigenvalue weighted by Crippen LogP contribution is 2.53. The molecule has 1 aliphatic rings. The van der Waals surface area contributed by atoms with Crippen molar-refractivity contribution in [1.29, 1.82) is 0 Å². The number of hydrogen-bond acceptors (Lipinski definition) is 3. The summed E-state index contributed by atoms with van der Waals surface area (Å²) in [6, 6.07) is 8.99. The SMILES string of the molecule is CC(C(C(=O)O)C1CCCO1)P(=O)(O)Cc1ccccc1. The van der Waals surface area contributed by atoms with Crippen molar-refractivity contribution in [2.45, 2.75) is 37.7 Å². The standard InChI is InChI=1S/C15H21O5P/c1-11(14(15(16)17)13-8-5-9-20-13)21(18,19)10-12-6-3-2-4-7-12/h2-4,6-7,11,13-14H,5,8-10H2,1H3,(H,16,17)(H,18,19). The van der Waals surface area contributed by atoms with E-state index >= 15 is 0 Å². The van der Waals surface area contributed by atoms with E-state index < -0.39 is 31.0 Å². The summed E-state index contributed by atoms with van der Waals surface area (Å²) in [5.74, 6) is -2.00. The number of hydrogen-bond donors (Lipinski definition) is 2. The summed E-state index contributed by atoms with van der Waals surface area (Å²) >= 11 is 0. The maximum Gasteiger partial charge on any atom is 0.309 e. The molecule has 0 radical (unpaired) electrons. The fourth-order valence-corrected chi connectivity index (χ4v) is 4.65. The van der Waals surface area contributed by atoms with Crippen LogP contribution in [-0.4, -0.2) is 34.3 Å². The van der Waals surface area contributed by atoms with Crippen LogP contribution < -0.4 is 0 Å². The molecule has 4 atom stereocenters. The van der Waals surface area contributed by atoms with Crippen LogP contribution in [-0.2, 0) is 20.3 Å². The van der Waals surface area contributed by atoms with Crippen LogP contribution >= 0.6 is 7.37 Å². The molecule has 21 heavy (non-hydrogen) atoms. The van der Waals surface area contributed by atoms with E-state index in [0.29, 0.717) is 13.0 Å². The van der Waals surface area contributed by atoms with Crippen molar-refractivity contribution in [2.75, 3.05) is 6.61 Å². The predicted octanol–water partition coefficient (Wildman–Crippen LogP) is 2.73. The maximum atomic E-state index is 12.6. The van der Waals surface area contributed by atoms with Gasteiger partial charge in [0.2, 0.25) is 7.37 Å². The normalized spacial score (nSPS) is 24.2. The Hall–Kier alpha value is -1.16. The molecule has 5 nitrogen and oxygen atoms in total. The summed E-state index contributed by atoms with van der Waals surface area (Å²) in [6.07, 6.45) is 0.960. The molecule has 0 aromatic heterocycles. The molecule has 1 fully saturated rings. The molecule has 1 saturated heterocycles. The third kappa shape index (κ3) is 3.94. The van der Waals surface area contributed by atoms with Gasteiger partial charge in [-0.3, -0.25) is 9.36 Å². The Morgan fingerprint density at radius 1 is 1.43 bits per heavy atom. The first kappa shape index (κ1) is 16.2. The van der Waals surface area contributed by atoms with Gasteiger partial charge >= 0.3 is 5.97 Å². The van der Waals surface area contributed by atoms with Gasteiger partial charge < -0.3 is 14.7 Å². The zero-order chi connectivity index (χ0) is 15.5. The lowest BCUT2D eigenvalue weighted by molar-refractivity contribution is -0.146. The molecule has 1 heterocycles. The number of aliphatic carboxylic acids is 1. The topological polar surface area (TPSA) is 83.8 Å². The Morgan fingerprint density at radius 2 is 2.10 bits per heavy atom. The molecule has 1 aromatic carbocycles. The molecule has 1 aromatic rings. The van der Waals surface area contributed by atoms with Crippen molar-refractivity contribution in [3.63, 3.8) is 0 Å². The van der Waals surface area contributed by atoms with E-state index in [1.165, 1.54) is 0 Å². The first-order valence-corrected chi connectivity index (χ1v) is 9.03. The van der Waals surface area contributed by atoms with E-state index in [9.17, 15) is 19.4 Å². The number of ether oxygens (including phenoxy) is 1. The van der Waals surface area contributed by atoms with Crippen molar-refractivity contribution in [2.24, 2.45) is 5.92 Å². The summed E-state index contributed by atoms with van der Waals surface area (Å²) in [5, 5.41) is 9.42. The minimum absolute atomic E-state index is 0.00843. The number of carboxylic acid groups (broad SMARTS) is 1. The molecule has 6 heteroatoms. The highest BCUT2D eigenvalue weighted by molar-refractivity contribution is 7.58. The van der Waals surface area contributed by atoms with E-state index in [4.69, 9.17) is 4.74 Å². The minimum atomic E-state index is -3.63. The molecule has 2 N–H and O–H groups in total. The van der Waals surface area contributed by atoms with Gasteiger partial charge in [0, 0.05) is 18.4 Å². The second-order valence-corrected chi connectivity index (χ2v) is 8.20. The van der Waals surface area contributed by atoms with Gasteiger partial charge in [0.1, 0.15) is 0 Å². The average Bonchev–Trinajstić information content (AvgIpc) is 2.93. The highest BCUT2D eigenvalue weighted by Gasteiger charge is 2.43. The quantitative estimate of drug-likeness (QED) is 0.789. The molecule has 0 bridgehead atoms. The van der Waals surface area contributed by atoms with E-state index in [0.717, 1.165) is 12.0 Å². The average molecular weight is 312 g/mol. The van der Waals surface area contributed by atoms with Crippen LogP contribution in [0.25, 0.3) is 0 Å². The summed E-state index contributed by atoms with van der Waals surface area (Å²) in [5.41, 5.74) is -0.0926. The van der Waals surface area contributed by atoms with E-state index in [-0.39, 0.29) is 6.16 Å². The van der Waals surface area contributed by atoms with E-state index in [1.807, 2.05) is 6.07 Å². The molecule has 0 aliphatic carbocycles. The maximum absolute atomic E-state index is 12.6. The molecule has 116 valence electrons.